The van der Waals surface area contributed by atoms with Crippen LogP contribution >= 0.6 is 0 Å². The first-order valence-corrected chi connectivity index (χ1v) is 8.09. The number of nitrogens with one attached hydrogen (secondary N) is 1. The summed E-state index contributed by atoms with van der Waals surface area (Å²) in [7, 11) is -3.04. The van der Waals surface area contributed by atoms with Crippen LogP contribution in [0.15, 0.2) is 30.3 Å². The van der Waals surface area contributed by atoms with Crippen molar-refractivity contribution >= 4 is 9.84 Å². The summed E-state index contributed by atoms with van der Waals surface area (Å²) in [5, 5.41) is 3.08. The van der Waals surface area contributed by atoms with E-state index in [9.17, 15) is 8.42 Å². The van der Waals surface area contributed by atoms with E-state index in [1.54, 1.807) is 20.8 Å². The summed E-state index contributed by atoms with van der Waals surface area (Å²) < 4.78 is 28.5. The summed E-state index contributed by atoms with van der Waals surface area (Å²) in [5.74, 6) is 0.980. The van der Waals surface area contributed by atoms with Gasteiger partial charge in [0.2, 0.25) is 0 Å². The molecule has 0 aliphatic carbocycles. The number of hydrogen-bond donors (Lipinski definition) is 1. The van der Waals surface area contributed by atoms with Crippen LogP contribution in [0.2, 0.25) is 0 Å². The Hall–Kier alpha value is -1.07. The van der Waals surface area contributed by atoms with E-state index in [-0.39, 0.29) is 5.75 Å². The molecule has 0 aromatic heterocycles. The van der Waals surface area contributed by atoms with Crippen LogP contribution in [-0.4, -0.2) is 38.6 Å². The Morgan fingerprint density at radius 3 is 2.32 bits per heavy atom. The topological polar surface area (TPSA) is 55.4 Å². The van der Waals surface area contributed by atoms with Gasteiger partial charge in [0.25, 0.3) is 0 Å². The standard InChI is InChI=1S/C14H23NO3S/c1-14(2,3)19(16,17)12-10-15-9-11-18-13-7-5-4-6-8-13/h4-8,15H,9-12H2,1-3H3. The molecule has 0 spiro atoms. The molecule has 0 heterocycles. The fourth-order valence-electron chi connectivity index (χ4n) is 1.40. The molecule has 0 aliphatic heterocycles. The van der Waals surface area contributed by atoms with Crippen molar-refractivity contribution in [1.82, 2.24) is 5.32 Å². The SMILES string of the molecule is CC(C)(C)S(=O)(=O)CCNCCOc1ccccc1. The Labute approximate surface area is 116 Å². The molecular formula is C14H23NO3S. The highest BCUT2D eigenvalue weighted by atomic mass is 32.2. The molecule has 1 N–H and O–H groups in total. The average Bonchev–Trinajstić information content (AvgIpc) is 2.33. The molecule has 0 aliphatic rings. The summed E-state index contributed by atoms with van der Waals surface area (Å²) in [5.41, 5.74) is 0. The van der Waals surface area contributed by atoms with Crippen LogP contribution in [0, 0.1) is 0 Å². The molecule has 1 aromatic carbocycles. The van der Waals surface area contributed by atoms with Gasteiger partial charge >= 0.3 is 0 Å². The molecule has 0 saturated heterocycles. The van der Waals surface area contributed by atoms with Crippen molar-refractivity contribution in [2.75, 3.05) is 25.4 Å². The van der Waals surface area contributed by atoms with Gasteiger partial charge in [0.1, 0.15) is 12.4 Å². The first-order valence-electron chi connectivity index (χ1n) is 6.44. The lowest BCUT2D eigenvalue weighted by atomic mass is 10.3. The molecule has 108 valence electrons. The molecule has 19 heavy (non-hydrogen) atoms. The maximum atomic E-state index is 11.8. The van der Waals surface area contributed by atoms with Gasteiger partial charge in [-0.3, -0.25) is 0 Å². The van der Waals surface area contributed by atoms with E-state index in [0.717, 1.165) is 5.75 Å². The van der Waals surface area contributed by atoms with E-state index in [1.807, 2.05) is 30.3 Å². The van der Waals surface area contributed by atoms with E-state index >= 15 is 0 Å². The second-order valence-corrected chi connectivity index (χ2v) is 8.21. The number of rotatable bonds is 7. The molecule has 0 fully saturated rings. The van der Waals surface area contributed by atoms with Crippen molar-refractivity contribution in [2.45, 2.75) is 25.5 Å². The molecule has 0 amide bonds. The predicted octanol–water partition coefficient (Wildman–Crippen LogP) is 1.87. The van der Waals surface area contributed by atoms with Crippen LogP contribution in [0.5, 0.6) is 5.75 Å². The second-order valence-electron chi connectivity index (χ2n) is 5.34. The highest BCUT2D eigenvalue weighted by molar-refractivity contribution is 7.92. The van der Waals surface area contributed by atoms with Gasteiger partial charge in [-0.1, -0.05) is 18.2 Å². The van der Waals surface area contributed by atoms with Gasteiger partial charge in [0.05, 0.1) is 10.5 Å². The zero-order valence-corrected chi connectivity index (χ0v) is 12.7. The summed E-state index contributed by atoms with van der Waals surface area (Å²) in [6.45, 7) is 6.79. The Balaban J connectivity index is 2.16. The molecule has 0 radical (unpaired) electrons. The molecule has 0 unspecified atom stereocenters. The zero-order chi connectivity index (χ0) is 14.4. The molecule has 1 rings (SSSR count). The molecule has 0 bridgehead atoms. The lowest BCUT2D eigenvalue weighted by Crippen LogP contribution is -2.35. The lowest BCUT2D eigenvalue weighted by Gasteiger charge is -2.19. The largest absolute Gasteiger partial charge is 0.492 e. The summed E-state index contributed by atoms with van der Waals surface area (Å²) in [6, 6.07) is 9.55. The maximum absolute atomic E-state index is 11.8. The molecule has 0 saturated carbocycles. The van der Waals surface area contributed by atoms with Crippen LogP contribution in [0.4, 0.5) is 0 Å². The number of ether oxygens (including phenoxy) is 1. The van der Waals surface area contributed by atoms with E-state index in [2.05, 4.69) is 5.32 Å². The Morgan fingerprint density at radius 2 is 1.74 bits per heavy atom. The number of hydrogen-bond acceptors (Lipinski definition) is 4. The van der Waals surface area contributed by atoms with Gasteiger partial charge in [-0.25, -0.2) is 8.42 Å². The predicted molar refractivity (Wildman–Crippen MR) is 78.3 cm³/mol. The Bertz CT molecular complexity index is 463. The monoisotopic (exact) mass is 285 g/mol. The quantitative estimate of drug-likeness (QED) is 0.777. The lowest BCUT2D eigenvalue weighted by molar-refractivity contribution is 0.315. The Morgan fingerprint density at radius 1 is 1.11 bits per heavy atom. The van der Waals surface area contributed by atoms with Crippen LogP contribution in [0.1, 0.15) is 20.8 Å². The van der Waals surface area contributed by atoms with Crippen molar-refractivity contribution in [1.29, 1.82) is 0 Å². The zero-order valence-electron chi connectivity index (χ0n) is 11.8. The van der Waals surface area contributed by atoms with Gasteiger partial charge in [0.15, 0.2) is 9.84 Å². The fourth-order valence-corrected chi connectivity index (χ4v) is 2.42. The van der Waals surface area contributed by atoms with E-state index < -0.39 is 14.6 Å². The smallest absolute Gasteiger partial charge is 0.156 e. The van der Waals surface area contributed by atoms with Crippen LogP contribution in [-0.2, 0) is 9.84 Å². The second kappa shape index (κ2) is 6.91. The minimum absolute atomic E-state index is 0.155. The third kappa shape index (κ3) is 5.61. The minimum atomic E-state index is -3.04. The van der Waals surface area contributed by atoms with Crippen molar-refractivity contribution in [3.8, 4) is 5.75 Å². The number of para-hydroxylation sites is 1. The van der Waals surface area contributed by atoms with Crippen molar-refractivity contribution < 1.29 is 13.2 Å². The minimum Gasteiger partial charge on any atom is -0.492 e. The summed E-state index contributed by atoms with van der Waals surface area (Å²) >= 11 is 0. The van der Waals surface area contributed by atoms with Crippen molar-refractivity contribution in [3.05, 3.63) is 30.3 Å². The van der Waals surface area contributed by atoms with E-state index in [1.165, 1.54) is 0 Å². The third-order valence-electron chi connectivity index (χ3n) is 2.77. The molecule has 0 atom stereocenters. The third-order valence-corrected chi connectivity index (χ3v) is 5.38. The first kappa shape index (κ1) is 16.0. The average molecular weight is 285 g/mol. The van der Waals surface area contributed by atoms with Gasteiger partial charge in [-0.05, 0) is 32.9 Å². The molecule has 1 aromatic rings. The molecular weight excluding hydrogens is 262 g/mol. The molecule has 5 heteroatoms. The molecule has 4 nitrogen and oxygen atoms in total. The van der Waals surface area contributed by atoms with Gasteiger partial charge in [-0.15, -0.1) is 0 Å². The number of sulfone groups is 1. The van der Waals surface area contributed by atoms with Gasteiger partial charge in [-0.2, -0.15) is 0 Å². The van der Waals surface area contributed by atoms with E-state index in [4.69, 9.17) is 4.74 Å². The normalized spacial score (nSPS) is 12.4. The van der Waals surface area contributed by atoms with Crippen LogP contribution < -0.4 is 10.1 Å². The first-order chi connectivity index (χ1) is 8.83. The highest BCUT2D eigenvalue weighted by Gasteiger charge is 2.27. The van der Waals surface area contributed by atoms with Crippen LogP contribution in [0.3, 0.4) is 0 Å². The number of benzene rings is 1. The summed E-state index contributed by atoms with van der Waals surface area (Å²) in [6.07, 6.45) is 0. The maximum Gasteiger partial charge on any atom is 0.156 e. The van der Waals surface area contributed by atoms with Gasteiger partial charge in [0, 0.05) is 13.1 Å². The Kier molecular flexibility index (Phi) is 5.82. The summed E-state index contributed by atoms with van der Waals surface area (Å²) in [4.78, 5) is 0. The van der Waals surface area contributed by atoms with Crippen LogP contribution in [0.25, 0.3) is 0 Å². The highest BCUT2D eigenvalue weighted by Crippen LogP contribution is 2.15. The fraction of sp³-hybridized carbons (Fsp3) is 0.571. The van der Waals surface area contributed by atoms with Crippen molar-refractivity contribution in [2.24, 2.45) is 0 Å². The van der Waals surface area contributed by atoms with Crippen molar-refractivity contribution in [3.63, 3.8) is 0 Å². The van der Waals surface area contributed by atoms with Gasteiger partial charge < -0.3 is 10.1 Å². The van der Waals surface area contributed by atoms with E-state index in [0.29, 0.717) is 19.7 Å².